The van der Waals surface area contributed by atoms with Crippen LogP contribution in [0.25, 0.3) is 10.8 Å². The summed E-state index contributed by atoms with van der Waals surface area (Å²) in [7, 11) is -4.02. The van der Waals surface area contributed by atoms with Crippen LogP contribution in [0.1, 0.15) is 5.56 Å². The van der Waals surface area contributed by atoms with E-state index in [-0.39, 0.29) is 23.6 Å². The number of ether oxygens (including phenoxy) is 1. The summed E-state index contributed by atoms with van der Waals surface area (Å²) in [6.45, 7) is 1.61. The van der Waals surface area contributed by atoms with Crippen molar-refractivity contribution >= 4 is 26.9 Å². The van der Waals surface area contributed by atoms with E-state index in [1.807, 2.05) is 11.6 Å². The SMILES string of the molecule is Cc1ccc(S(=O)(=O)NC(=O)OCCn2ncc3ccccc3c2=O)cc1. The number of sulfonamides is 1. The Morgan fingerprint density at radius 1 is 1.15 bits per heavy atom. The van der Waals surface area contributed by atoms with Crippen LogP contribution in [0.3, 0.4) is 0 Å². The van der Waals surface area contributed by atoms with Crippen LogP contribution in [0.2, 0.25) is 0 Å². The van der Waals surface area contributed by atoms with Gasteiger partial charge in [-0.05, 0) is 25.1 Å². The quantitative estimate of drug-likeness (QED) is 0.716. The molecule has 0 spiro atoms. The number of nitrogens with zero attached hydrogens (tertiary/aromatic N) is 2. The zero-order valence-electron chi connectivity index (χ0n) is 14.5. The Morgan fingerprint density at radius 3 is 2.59 bits per heavy atom. The molecule has 3 aromatic rings. The van der Waals surface area contributed by atoms with Crippen molar-refractivity contribution in [3.63, 3.8) is 0 Å². The maximum Gasteiger partial charge on any atom is 0.421 e. The van der Waals surface area contributed by atoms with Crippen molar-refractivity contribution in [2.24, 2.45) is 0 Å². The van der Waals surface area contributed by atoms with Crippen LogP contribution in [-0.2, 0) is 21.3 Å². The molecule has 27 heavy (non-hydrogen) atoms. The van der Waals surface area contributed by atoms with Crippen molar-refractivity contribution in [1.29, 1.82) is 0 Å². The average Bonchev–Trinajstić information content (AvgIpc) is 2.64. The summed E-state index contributed by atoms with van der Waals surface area (Å²) in [6, 6.07) is 13.0. The van der Waals surface area contributed by atoms with Crippen molar-refractivity contribution in [2.45, 2.75) is 18.4 Å². The van der Waals surface area contributed by atoms with E-state index in [1.54, 1.807) is 42.6 Å². The number of hydrogen-bond donors (Lipinski definition) is 1. The fraction of sp³-hybridized carbons (Fsp3) is 0.167. The van der Waals surface area contributed by atoms with Gasteiger partial charge in [0.05, 0.1) is 23.0 Å². The van der Waals surface area contributed by atoms with Gasteiger partial charge in [-0.2, -0.15) is 5.10 Å². The van der Waals surface area contributed by atoms with Gasteiger partial charge in [0.25, 0.3) is 15.6 Å². The molecule has 1 aromatic heterocycles. The number of benzene rings is 2. The van der Waals surface area contributed by atoms with Crippen molar-refractivity contribution in [2.75, 3.05) is 6.61 Å². The summed E-state index contributed by atoms with van der Waals surface area (Å²) in [4.78, 5) is 24.0. The number of aromatic nitrogens is 2. The van der Waals surface area contributed by atoms with Crippen molar-refractivity contribution in [3.05, 3.63) is 70.6 Å². The molecule has 2 aromatic carbocycles. The lowest BCUT2D eigenvalue weighted by molar-refractivity contribution is 0.146. The van der Waals surface area contributed by atoms with Crippen LogP contribution >= 0.6 is 0 Å². The number of aryl methyl sites for hydroxylation is 1. The Bertz CT molecular complexity index is 1140. The van der Waals surface area contributed by atoms with E-state index >= 15 is 0 Å². The summed E-state index contributed by atoms with van der Waals surface area (Å²) in [6.07, 6.45) is 0.419. The van der Waals surface area contributed by atoms with E-state index in [2.05, 4.69) is 5.10 Å². The Hall–Kier alpha value is -3.20. The third-order valence-electron chi connectivity index (χ3n) is 3.85. The lowest BCUT2D eigenvalue weighted by Gasteiger charge is -2.09. The molecule has 0 bridgehead atoms. The van der Waals surface area contributed by atoms with Gasteiger partial charge in [0.1, 0.15) is 6.61 Å². The second-order valence-electron chi connectivity index (χ2n) is 5.81. The number of fused-ring (bicyclic) bond motifs is 1. The largest absolute Gasteiger partial charge is 0.447 e. The van der Waals surface area contributed by atoms with Gasteiger partial charge in [-0.3, -0.25) is 4.79 Å². The summed E-state index contributed by atoms with van der Waals surface area (Å²) < 4.78 is 32.1. The van der Waals surface area contributed by atoms with Gasteiger partial charge in [0.2, 0.25) is 0 Å². The van der Waals surface area contributed by atoms with Gasteiger partial charge >= 0.3 is 6.09 Å². The summed E-state index contributed by atoms with van der Waals surface area (Å²) >= 11 is 0. The van der Waals surface area contributed by atoms with Gasteiger partial charge in [-0.1, -0.05) is 35.9 Å². The van der Waals surface area contributed by atoms with Crippen LogP contribution < -0.4 is 10.3 Å². The normalized spacial score (nSPS) is 11.3. The second-order valence-corrected chi connectivity index (χ2v) is 7.50. The highest BCUT2D eigenvalue weighted by atomic mass is 32.2. The average molecular weight is 387 g/mol. The molecule has 8 nitrogen and oxygen atoms in total. The first-order chi connectivity index (χ1) is 12.9. The molecule has 0 fully saturated rings. The topological polar surface area (TPSA) is 107 Å². The summed E-state index contributed by atoms with van der Waals surface area (Å²) in [5.74, 6) is 0. The molecule has 0 saturated carbocycles. The Balaban J connectivity index is 1.61. The van der Waals surface area contributed by atoms with E-state index < -0.39 is 16.1 Å². The van der Waals surface area contributed by atoms with Gasteiger partial charge in [-0.25, -0.2) is 22.6 Å². The number of carbonyl (C=O) groups excluding carboxylic acids is 1. The van der Waals surface area contributed by atoms with Gasteiger partial charge in [-0.15, -0.1) is 0 Å². The molecule has 140 valence electrons. The van der Waals surface area contributed by atoms with Crippen LogP contribution in [0.4, 0.5) is 4.79 Å². The number of carbonyl (C=O) groups is 1. The monoisotopic (exact) mass is 387 g/mol. The Morgan fingerprint density at radius 2 is 1.85 bits per heavy atom. The Kier molecular flexibility index (Phi) is 5.22. The lowest BCUT2D eigenvalue weighted by Crippen LogP contribution is -2.33. The number of rotatable bonds is 5. The molecule has 1 amide bonds. The summed E-state index contributed by atoms with van der Waals surface area (Å²) in [5, 5.41) is 5.22. The van der Waals surface area contributed by atoms with E-state index in [9.17, 15) is 18.0 Å². The molecular weight excluding hydrogens is 370 g/mol. The fourth-order valence-electron chi connectivity index (χ4n) is 2.43. The first kappa shape index (κ1) is 18.6. The molecule has 1 N–H and O–H groups in total. The number of hydrogen-bond acceptors (Lipinski definition) is 6. The van der Waals surface area contributed by atoms with Gasteiger partial charge in [0.15, 0.2) is 0 Å². The van der Waals surface area contributed by atoms with E-state index in [0.717, 1.165) is 10.2 Å². The van der Waals surface area contributed by atoms with Crippen molar-refractivity contribution in [3.8, 4) is 0 Å². The minimum Gasteiger partial charge on any atom is -0.447 e. The smallest absolute Gasteiger partial charge is 0.421 e. The van der Waals surface area contributed by atoms with Crippen molar-refractivity contribution in [1.82, 2.24) is 14.5 Å². The van der Waals surface area contributed by atoms with E-state index in [0.29, 0.717) is 10.8 Å². The maximum absolute atomic E-state index is 12.3. The second kappa shape index (κ2) is 7.58. The van der Waals surface area contributed by atoms with Gasteiger partial charge < -0.3 is 4.74 Å². The highest BCUT2D eigenvalue weighted by molar-refractivity contribution is 7.90. The first-order valence-electron chi connectivity index (χ1n) is 8.08. The van der Waals surface area contributed by atoms with Crippen molar-refractivity contribution < 1.29 is 17.9 Å². The minimum absolute atomic E-state index is 0.00165. The number of nitrogens with one attached hydrogen (secondary N) is 1. The molecule has 0 aliphatic rings. The molecule has 0 aliphatic carbocycles. The van der Waals surface area contributed by atoms with Crippen LogP contribution in [0, 0.1) is 6.92 Å². The number of amides is 1. The maximum atomic E-state index is 12.3. The Labute approximate surface area is 155 Å². The fourth-order valence-corrected chi connectivity index (χ4v) is 3.32. The van der Waals surface area contributed by atoms with E-state index in [4.69, 9.17) is 4.74 Å². The highest BCUT2D eigenvalue weighted by Crippen LogP contribution is 2.10. The minimum atomic E-state index is -4.02. The summed E-state index contributed by atoms with van der Waals surface area (Å²) in [5.41, 5.74) is 0.578. The van der Waals surface area contributed by atoms with Crippen LogP contribution in [-0.4, -0.2) is 30.9 Å². The molecule has 3 rings (SSSR count). The first-order valence-corrected chi connectivity index (χ1v) is 9.56. The molecule has 0 saturated heterocycles. The predicted molar refractivity (Wildman–Crippen MR) is 98.9 cm³/mol. The molecule has 9 heteroatoms. The van der Waals surface area contributed by atoms with Gasteiger partial charge in [0, 0.05) is 5.39 Å². The zero-order valence-corrected chi connectivity index (χ0v) is 15.3. The predicted octanol–water partition coefficient (Wildman–Crippen LogP) is 1.82. The van der Waals surface area contributed by atoms with E-state index in [1.165, 1.54) is 12.1 Å². The zero-order chi connectivity index (χ0) is 19.4. The molecule has 0 atom stereocenters. The molecule has 0 aliphatic heterocycles. The lowest BCUT2D eigenvalue weighted by atomic mass is 10.2. The molecule has 0 unspecified atom stereocenters. The van der Waals surface area contributed by atoms with Crippen LogP contribution in [0.15, 0.2) is 64.4 Å². The molecule has 1 heterocycles. The standard InChI is InChI=1S/C18H17N3O5S/c1-13-6-8-15(9-7-13)27(24,25)20-18(23)26-11-10-21-17(22)16-5-3-2-4-14(16)12-19-21/h2-9,12H,10-11H2,1H3,(H,20,23). The third-order valence-corrected chi connectivity index (χ3v) is 5.18. The highest BCUT2D eigenvalue weighted by Gasteiger charge is 2.18. The molecular formula is C18H17N3O5S. The third kappa shape index (κ3) is 4.32. The van der Waals surface area contributed by atoms with Crippen LogP contribution in [0.5, 0.6) is 0 Å². The molecule has 0 radical (unpaired) electrons.